The number of para-hydroxylation sites is 1. The third kappa shape index (κ3) is 3.41. The van der Waals surface area contributed by atoms with Crippen LogP contribution in [-0.4, -0.2) is 28.3 Å². The van der Waals surface area contributed by atoms with Crippen molar-refractivity contribution in [1.29, 1.82) is 0 Å². The zero-order valence-electron chi connectivity index (χ0n) is 14.1. The summed E-state index contributed by atoms with van der Waals surface area (Å²) >= 11 is 6.12. The van der Waals surface area contributed by atoms with Crippen LogP contribution >= 0.6 is 11.6 Å². The topological polar surface area (TPSA) is 73.0 Å². The molecule has 0 spiro atoms. The van der Waals surface area contributed by atoms with Crippen molar-refractivity contribution in [2.75, 3.05) is 10.3 Å². The minimum atomic E-state index is -4.57. The Bertz CT molecular complexity index is 1080. The Morgan fingerprint density at radius 2 is 2.00 bits per heavy atom. The molecule has 3 N–H and O–H groups in total. The summed E-state index contributed by atoms with van der Waals surface area (Å²) in [6, 6.07) is 9.31. The van der Waals surface area contributed by atoms with Gasteiger partial charge in [-0.15, -0.1) is 0 Å². The van der Waals surface area contributed by atoms with Gasteiger partial charge in [-0.05, 0) is 36.4 Å². The molecule has 1 atom stereocenters. The molecule has 1 aromatic heterocycles. The van der Waals surface area contributed by atoms with Gasteiger partial charge in [0, 0.05) is 11.1 Å². The van der Waals surface area contributed by atoms with Crippen molar-refractivity contribution in [3.8, 4) is 0 Å². The molecule has 0 saturated heterocycles. The number of aromatic nitrogens is 2. The molecule has 1 aliphatic rings. The van der Waals surface area contributed by atoms with E-state index in [9.17, 15) is 18.0 Å². The minimum Gasteiger partial charge on any atom is -0.321 e. The Morgan fingerprint density at radius 3 is 2.75 bits per heavy atom. The first-order valence-corrected chi connectivity index (χ1v) is 8.54. The molecule has 6 nitrogen and oxygen atoms in total. The van der Waals surface area contributed by atoms with Crippen molar-refractivity contribution in [3.05, 3.63) is 65.5 Å². The summed E-state index contributed by atoms with van der Waals surface area (Å²) in [7, 11) is 0. The van der Waals surface area contributed by atoms with Crippen LogP contribution in [0.3, 0.4) is 0 Å². The highest BCUT2D eigenvalue weighted by atomic mass is 35.5. The molecule has 4 rings (SSSR count). The van der Waals surface area contributed by atoms with Crippen LogP contribution < -0.4 is 15.8 Å². The molecule has 1 amide bonds. The highest BCUT2D eigenvalue weighted by Gasteiger charge is 2.45. The van der Waals surface area contributed by atoms with Gasteiger partial charge in [0.2, 0.25) is 0 Å². The number of H-pyrrole nitrogens is 1. The van der Waals surface area contributed by atoms with Gasteiger partial charge in [0.1, 0.15) is 11.7 Å². The molecule has 1 aliphatic heterocycles. The summed E-state index contributed by atoms with van der Waals surface area (Å²) < 4.78 is 39.7. The van der Waals surface area contributed by atoms with Crippen LogP contribution in [0.4, 0.5) is 24.5 Å². The highest BCUT2D eigenvalue weighted by Crippen LogP contribution is 2.34. The number of alkyl halides is 3. The number of hydrogen-bond donors (Lipinski definition) is 3. The standard InChI is InChI=1S/C18H13ClF3N5O/c19-12-3-1-2-4-14(12)27-15(8-16(26-27)18(20,21)22)17(28)24-11-6-5-10-9-23-25-13(10)7-11/h1-9,16,26H,(H,23,25)(H,24,28). The van der Waals surface area contributed by atoms with E-state index in [1.54, 1.807) is 36.5 Å². The summed E-state index contributed by atoms with van der Waals surface area (Å²) in [5.74, 6) is -0.710. The lowest BCUT2D eigenvalue weighted by Gasteiger charge is -2.25. The number of nitrogens with one attached hydrogen (secondary N) is 3. The molecule has 0 saturated carbocycles. The predicted octanol–water partition coefficient (Wildman–Crippen LogP) is 3.99. The summed E-state index contributed by atoms with van der Waals surface area (Å²) in [5.41, 5.74) is 3.42. The lowest BCUT2D eigenvalue weighted by molar-refractivity contribution is -0.142. The number of aromatic amines is 1. The lowest BCUT2D eigenvalue weighted by Crippen LogP contribution is -2.45. The molecule has 0 bridgehead atoms. The minimum absolute atomic E-state index is 0.204. The summed E-state index contributed by atoms with van der Waals surface area (Å²) in [6.45, 7) is 0. The van der Waals surface area contributed by atoms with E-state index in [-0.39, 0.29) is 16.4 Å². The third-order valence-corrected chi connectivity index (χ3v) is 4.53. The summed E-state index contributed by atoms with van der Waals surface area (Å²) in [5, 5.41) is 11.4. The number of amides is 1. The van der Waals surface area contributed by atoms with Crippen LogP contribution in [0.2, 0.25) is 5.02 Å². The van der Waals surface area contributed by atoms with Gasteiger partial charge in [-0.25, -0.2) is 5.43 Å². The molecular formula is C18H13ClF3N5O. The number of anilines is 2. The van der Waals surface area contributed by atoms with Gasteiger partial charge in [0.15, 0.2) is 0 Å². The van der Waals surface area contributed by atoms with Crippen molar-refractivity contribution in [3.63, 3.8) is 0 Å². The van der Waals surface area contributed by atoms with Crippen molar-refractivity contribution < 1.29 is 18.0 Å². The zero-order chi connectivity index (χ0) is 19.9. The van der Waals surface area contributed by atoms with Crippen molar-refractivity contribution in [2.24, 2.45) is 0 Å². The van der Waals surface area contributed by atoms with Crippen LogP contribution in [0.5, 0.6) is 0 Å². The third-order valence-electron chi connectivity index (χ3n) is 4.21. The van der Waals surface area contributed by atoms with Gasteiger partial charge in [0.05, 0.1) is 22.4 Å². The first kappa shape index (κ1) is 18.3. The number of rotatable bonds is 3. The number of hydrazine groups is 1. The fraction of sp³-hybridized carbons (Fsp3) is 0.111. The average molecular weight is 408 g/mol. The SMILES string of the molecule is O=C(Nc1ccc2cn[nH]c2c1)C1=CC(C(F)(F)F)NN1c1ccccc1Cl. The van der Waals surface area contributed by atoms with E-state index in [1.165, 1.54) is 12.1 Å². The van der Waals surface area contributed by atoms with Crippen molar-refractivity contribution in [1.82, 2.24) is 15.6 Å². The number of carbonyl (C=O) groups excluding carboxylic acids is 1. The van der Waals surface area contributed by atoms with E-state index in [0.29, 0.717) is 11.2 Å². The molecule has 2 aromatic carbocycles. The zero-order valence-corrected chi connectivity index (χ0v) is 14.8. The van der Waals surface area contributed by atoms with E-state index >= 15 is 0 Å². The number of benzene rings is 2. The van der Waals surface area contributed by atoms with Crippen LogP contribution in [-0.2, 0) is 4.79 Å². The Balaban J connectivity index is 1.66. The van der Waals surface area contributed by atoms with Gasteiger partial charge in [0.25, 0.3) is 5.91 Å². The second-order valence-corrected chi connectivity index (χ2v) is 6.52. The molecule has 28 heavy (non-hydrogen) atoms. The summed E-state index contributed by atoms with van der Waals surface area (Å²) in [6.07, 6.45) is -2.12. The van der Waals surface area contributed by atoms with Crippen LogP contribution in [0.25, 0.3) is 10.9 Å². The fourth-order valence-electron chi connectivity index (χ4n) is 2.87. The van der Waals surface area contributed by atoms with Crippen LogP contribution in [0.1, 0.15) is 0 Å². The molecule has 3 aromatic rings. The fourth-order valence-corrected chi connectivity index (χ4v) is 3.09. The monoisotopic (exact) mass is 407 g/mol. The molecule has 2 heterocycles. The molecule has 10 heteroatoms. The first-order chi connectivity index (χ1) is 13.3. The number of nitrogens with zero attached hydrogens (tertiary/aromatic N) is 2. The number of carbonyl (C=O) groups is 1. The largest absolute Gasteiger partial charge is 0.409 e. The molecule has 0 radical (unpaired) electrons. The van der Waals surface area contributed by atoms with Gasteiger partial charge in [-0.1, -0.05) is 23.7 Å². The molecular weight excluding hydrogens is 395 g/mol. The van der Waals surface area contributed by atoms with E-state index < -0.39 is 18.1 Å². The Morgan fingerprint density at radius 1 is 1.21 bits per heavy atom. The number of fused-ring (bicyclic) bond motifs is 1. The first-order valence-electron chi connectivity index (χ1n) is 8.17. The molecule has 1 unspecified atom stereocenters. The average Bonchev–Trinajstić information content (AvgIpc) is 3.28. The Kier molecular flexibility index (Phi) is 4.48. The van der Waals surface area contributed by atoms with E-state index in [4.69, 9.17) is 11.6 Å². The Hall–Kier alpha value is -3.04. The smallest absolute Gasteiger partial charge is 0.321 e. The van der Waals surface area contributed by atoms with Crippen LogP contribution in [0, 0.1) is 0 Å². The van der Waals surface area contributed by atoms with Crippen molar-refractivity contribution >= 4 is 39.8 Å². The van der Waals surface area contributed by atoms with E-state index in [0.717, 1.165) is 16.5 Å². The van der Waals surface area contributed by atoms with Gasteiger partial charge >= 0.3 is 6.18 Å². The van der Waals surface area contributed by atoms with Crippen LogP contribution in [0.15, 0.2) is 60.4 Å². The Labute approximate surface area is 161 Å². The normalized spacial score (nSPS) is 17.1. The second kappa shape index (κ2) is 6.84. The maximum Gasteiger partial charge on any atom is 0.409 e. The predicted molar refractivity (Wildman–Crippen MR) is 99.7 cm³/mol. The lowest BCUT2D eigenvalue weighted by atomic mass is 10.2. The van der Waals surface area contributed by atoms with Gasteiger partial charge < -0.3 is 5.32 Å². The maximum absolute atomic E-state index is 13.2. The number of halogens is 4. The molecule has 144 valence electrons. The van der Waals surface area contributed by atoms with Gasteiger partial charge in [-0.2, -0.15) is 18.3 Å². The summed E-state index contributed by atoms with van der Waals surface area (Å²) in [4.78, 5) is 12.8. The highest BCUT2D eigenvalue weighted by molar-refractivity contribution is 6.33. The quantitative estimate of drug-likeness (QED) is 0.613. The maximum atomic E-state index is 13.2. The van der Waals surface area contributed by atoms with E-state index in [2.05, 4.69) is 20.9 Å². The second-order valence-electron chi connectivity index (χ2n) is 6.11. The van der Waals surface area contributed by atoms with Gasteiger partial charge in [-0.3, -0.25) is 14.9 Å². The number of hydrogen-bond acceptors (Lipinski definition) is 4. The molecule has 0 aliphatic carbocycles. The van der Waals surface area contributed by atoms with E-state index in [1.807, 2.05) is 0 Å². The van der Waals surface area contributed by atoms with Crippen molar-refractivity contribution in [2.45, 2.75) is 12.2 Å². The molecule has 0 fully saturated rings.